The minimum absolute atomic E-state index is 0.0240. The summed E-state index contributed by atoms with van der Waals surface area (Å²) < 4.78 is 37.7. The minimum atomic E-state index is -3.27. The van der Waals surface area contributed by atoms with Crippen molar-refractivity contribution in [3.8, 4) is 22.4 Å². The lowest BCUT2D eigenvalue weighted by Gasteiger charge is -2.39. The number of halogens is 3. The van der Waals surface area contributed by atoms with Crippen molar-refractivity contribution in [2.45, 2.75) is 57.3 Å². The monoisotopic (exact) mass is 627 g/mol. The van der Waals surface area contributed by atoms with Crippen molar-refractivity contribution < 1.29 is 18.3 Å². The zero-order chi connectivity index (χ0) is 31.1. The summed E-state index contributed by atoms with van der Waals surface area (Å²) in [5, 5.41) is 1.25. The fourth-order valence-electron chi connectivity index (χ4n) is 5.11. The number of carbonyl (C=O) groups excluding carboxylic acids is 1. The van der Waals surface area contributed by atoms with Crippen molar-refractivity contribution >= 4 is 40.5 Å². The highest BCUT2D eigenvalue weighted by atomic mass is 35.5. The molecular weight excluding hydrogens is 596 g/mol. The summed E-state index contributed by atoms with van der Waals surface area (Å²) in [6, 6.07) is 12.6. The van der Waals surface area contributed by atoms with Gasteiger partial charge in [-0.3, -0.25) is 14.3 Å². The van der Waals surface area contributed by atoms with Gasteiger partial charge in [0.15, 0.2) is 5.16 Å². The number of aromatic nitrogens is 4. The average Bonchev–Trinajstić information content (AvgIpc) is 2.94. The summed E-state index contributed by atoms with van der Waals surface area (Å²) in [6.07, 6.45) is 2.56. The molecule has 5 rings (SSSR count). The van der Waals surface area contributed by atoms with Crippen LogP contribution in [0.15, 0.2) is 58.6 Å². The lowest BCUT2D eigenvalue weighted by atomic mass is 9.92. The van der Waals surface area contributed by atoms with E-state index in [0.717, 1.165) is 21.9 Å². The summed E-state index contributed by atoms with van der Waals surface area (Å²) in [5.41, 5.74) is 2.04. The third-order valence-electron chi connectivity index (χ3n) is 7.23. The Labute approximate surface area is 257 Å². The first-order valence-corrected chi connectivity index (χ1v) is 15.4. The summed E-state index contributed by atoms with van der Waals surface area (Å²) in [6.45, 7) is 5.93. The van der Waals surface area contributed by atoms with E-state index in [1.54, 1.807) is 51.4 Å². The molecule has 1 atom stereocenters. The molecule has 0 aliphatic carbocycles. The van der Waals surface area contributed by atoms with Crippen LogP contribution in [0.2, 0.25) is 5.02 Å². The van der Waals surface area contributed by atoms with Gasteiger partial charge in [-0.1, -0.05) is 41.6 Å². The topological polar surface area (TPSA) is 90.2 Å². The number of aryl methyl sites for hydroxylation is 1. The third-order valence-corrected chi connectivity index (χ3v) is 8.11. The number of hydrogen-bond donors (Lipinski definition) is 0. The number of alkyl halides is 2. The Hall–Kier alpha value is -3.57. The van der Waals surface area contributed by atoms with Crippen LogP contribution in [-0.4, -0.2) is 61.4 Å². The zero-order valence-electron chi connectivity index (χ0n) is 24.5. The SMILES string of the molecule is CSc1ncc2cc(-c3ccc(-c4cccc(C)n4)cc3Cl)c(=O)n(CC3CCN(C(=O)OC(C)(C)C)CC3(F)F)c2n1. The lowest BCUT2D eigenvalue weighted by molar-refractivity contribution is -0.114. The van der Waals surface area contributed by atoms with Gasteiger partial charge in [0.05, 0.1) is 12.2 Å². The maximum atomic E-state index is 15.6. The molecule has 0 radical (unpaired) electrons. The van der Waals surface area contributed by atoms with Gasteiger partial charge in [0.2, 0.25) is 0 Å². The van der Waals surface area contributed by atoms with Crippen molar-refractivity contribution in [3.05, 3.63) is 69.7 Å². The Bertz CT molecular complexity index is 1760. The molecule has 0 bridgehead atoms. The van der Waals surface area contributed by atoms with E-state index in [-0.39, 0.29) is 30.7 Å². The van der Waals surface area contributed by atoms with Crippen molar-refractivity contribution in [1.29, 1.82) is 0 Å². The average molecular weight is 628 g/mol. The first-order valence-electron chi connectivity index (χ1n) is 13.8. The second kappa shape index (κ2) is 11.8. The molecule has 0 spiro atoms. The number of rotatable bonds is 5. The van der Waals surface area contributed by atoms with E-state index in [9.17, 15) is 9.59 Å². The molecule has 43 heavy (non-hydrogen) atoms. The number of carbonyl (C=O) groups is 1. The number of amides is 1. The van der Waals surface area contributed by atoms with Crippen LogP contribution >= 0.6 is 23.4 Å². The van der Waals surface area contributed by atoms with Crippen LogP contribution in [0.5, 0.6) is 0 Å². The molecule has 1 aliphatic heterocycles. The number of piperidine rings is 1. The molecule has 1 aromatic carbocycles. The molecule has 1 unspecified atom stereocenters. The Morgan fingerprint density at radius 1 is 1.16 bits per heavy atom. The number of fused-ring (bicyclic) bond motifs is 1. The zero-order valence-corrected chi connectivity index (χ0v) is 26.1. The maximum absolute atomic E-state index is 15.6. The van der Waals surface area contributed by atoms with E-state index in [1.165, 1.54) is 16.3 Å². The smallest absolute Gasteiger partial charge is 0.410 e. The highest BCUT2D eigenvalue weighted by Gasteiger charge is 2.47. The standard InChI is InChI=1S/C31H32ClF2N5O3S/c1-18-7-6-8-25(36-18)19-9-10-22(24(32)14-19)23-13-20-15-35-28(43-5)37-26(20)39(27(23)40)16-21-11-12-38(17-31(21,33)34)29(41)42-30(2,3)4/h6-10,13-15,21H,11-12,16-17H2,1-5H3. The third kappa shape index (κ3) is 6.67. The molecule has 1 saturated heterocycles. The van der Waals surface area contributed by atoms with Crippen LogP contribution in [0.3, 0.4) is 0 Å². The van der Waals surface area contributed by atoms with E-state index in [4.69, 9.17) is 16.3 Å². The number of benzene rings is 1. The van der Waals surface area contributed by atoms with Gasteiger partial charge in [0, 0.05) is 58.0 Å². The van der Waals surface area contributed by atoms with Crippen LogP contribution in [0.4, 0.5) is 13.6 Å². The molecule has 4 heterocycles. The van der Waals surface area contributed by atoms with Crippen LogP contribution < -0.4 is 5.56 Å². The summed E-state index contributed by atoms with van der Waals surface area (Å²) >= 11 is 8.01. The van der Waals surface area contributed by atoms with Gasteiger partial charge in [0.25, 0.3) is 11.5 Å². The molecule has 0 N–H and O–H groups in total. The van der Waals surface area contributed by atoms with E-state index in [2.05, 4.69) is 15.0 Å². The predicted octanol–water partition coefficient (Wildman–Crippen LogP) is 7.10. The molecule has 1 aliphatic rings. The molecule has 1 fully saturated rings. The molecule has 0 saturated carbocycles. The van der Waals surface area contributed by atoms with Crippen molar-refractivity contribution in [2.24, 2.45) is 5.92 Å². The van der Waals surface area contributed by atoms with Gasteiger partial charge in [-0.2, -0.15) is 0 Å². The van der Waals surface area contributed by atoms with E-state index in [0.29, 0.717) is 21.1 Å². The van der Waals surface area contributed by atoms with E-state index < -0.39 is 35.6 Å². The van der Waals surface area contributed by atoms with E-state index >= 15 is 8.78 Å². The van der Waals surface area contributed by atoms with Gasteiger partial charge >= 0.3 is 6.09 Å². The van der Waals surface area contributed by atoms with Gasteiger partial charge in [0.1, 0.15) is 11.2 Å². The van der Waals surface area contributed by atoms with Gasteiger partial charge in [-0.05, 0) is 64.6 Å². The maximum Gasteiger partial charge on any atom is 0.410 e. The van der Waals surface area contributed by atoms with Crippen LogP contribution in [0, 0.1) is 12.8 Å². The number of hydrogen-bond acceptors (Lipinski definition) is 7. The van der Waals surface area contributed by atoms with Crippen molar-refractivity contribution in [3.63, 3.8) is 0 Å². The molecular formula is C31H32ClF2N5O3S. The first kappa shape index (κ1) is 30.9. The van der Waals surface area contributed by atoms with Crippen molar-refractivity contribution in [2.75, 3.05) is 19.3 Å². The van der Waals surface area contributed by atoms with Gasteiger partial charge in [-0.15, -0.1) is 0 Å². The second-order valence-electron chi connectivity index (χ2n) is 11.6. The summed E-state index contributed by atoms with van der Waals surface area (Å²) in [7, 11) is 0. The number of pyridine rings is 2. The second-order valence-corrected chi connectivity index (χ2v) is 12.8. The molecule has 4 aromatic rings. The van der Waals surface area contributed by atoms with Crippen LogP contribution in [0.1, 0.15) is 32.9 Å². The summed E-state index contributed by atoms with van der Waals surface area (Å²) in [5.74, 6) is -4.49. The Balaban J connectivity index is 1.54. The van der Waals surface area contributed by atoms with Crippen molar-refractivity contribution in [1.82, 2.24) is 24.4 Å². The molecule has 12 heteroatoms. The lowest BCUT2D eigenvalue weighted by Crippen LogP contribution is -2.53. The van der Waals surface area contributed by atoms with E-state index in [1.807, 2.05) is 31.2 Å². The summed E-state index contributed by atoms with van der Waals surface area (Å²) in [4.78, 5) is 41.0. The van der Waals surface area contributed by atoms with Crippen LogP contribution in [0.25, 0.3) is 33.4 Å². The minimum Gasteiger partial charge on any atom is -0.444 e. The fraction of sp³-hybridized carbons (Fsp3) is 0.387. The highest BCUT2D eigenvalue weighted by molar-refractivity contribution is 7.98. The van der Waals surface area contributed by atoms with Crippen LogP contribution in [-0.2, 0) is 11.3 Å². The number of ether oxygens (including phenoxy) is 1. The Morgan fingerprint density at radius 2 is 1.93 bits per heavy atom. The molecule has 1 amide bonds. The number of likely N-dealkylation sites (tertiary alicyclic amines) is 1. The number of nitrogens with zero attached hydrogens (tertiary/aromatic N) is 5. The van der Waals surface area contributed by atoms with Gasteiger partial charge < -0.3 is 9.64 Å². The fourth-order valence-corrected chi connectivity index (χ4v) is 5.73. The molecule has 226 valence electrons. The normalized spacial score (nSPS) is 16.8. The Morgan fingerprint density at radius 3 is 2.58 bits per heavy atom. The first-order chi connectivity index (χ1) is 20.3. The Kier molecular flexibility index (Phi) is 8.50. The predicted molar refractivity (Wildman–Crippen MR) is 165 cm³/mol. The number of thioether (sulfide) groups is 1. The molecule has 3 aromatic heterocycles. The largest absolute Gasteiger partial charge is 0.444 e. The quantitative estimate of drug-likeness (QED) is 0.172. The molecule has 8 nitrogen and oxygen atoms in total. The van der Waals surface area contributed by atoms with Gasteiger partial charge in [-0.25, -0.2) is 23.5 Å². The highest BCUT2D eigenvalue weighted by Crippen LogP contribution is 2.36.